The second-order valence-electron chi connectivity index (χ2n) is 3.84. The highest BCUT2D eigenvalue weighted by molar-refractivity contribution is 7.99. The second-order valence-corrected chi connectivity index (χ2v) is 5.20. The summed E-state index contributed by atoms with van der Waals surface area (Å²) in [6.07, 6.45) is 6.10. The van der Waals surface area contributed by atoms with Gasteiger partial charge in [0.15, 0.2) is 0 Å². The molecule has 3 heteroatoms. The van der Waals surface area contributed by atoms with Crippen LogP contribution < -0.4 is 0 Å². The summed E-state index contributed by atoms with van der Waals surface area (Å²) >= 11 is 6.39. The Kier molecular flexibility index (Phi) is 5.54. The molecular weight excluding hydrogens is 222 g/mol. The number of nitrogens with zero attached hydrogens (tertiary/aromatic N) is 1. The fourth-order valence-corrected chi connectivity index (χ4v) is 3.40. The zero-order valence-corrected chi connectivity index (χ0v) is 11.2. The average molecular weight is 241 g/mol. The van der Waals surface area contributed by atoms with Crippen LogP contribution in [0.2, 0.25) is 0 Å². The summed E-state index contributed by atoms with van der Waals surface area (Å²) in [5.74, 6) is 2.12. The maximum atomic E-state index is 4.48. The van der Waals surface area contributed by atoms with Gasteiger partial charge in [-0.25, -0.2) is 0 Å². The van der Waals surface area contributed by atoms with Gasteiger partial charge in [-0.2, -0.15) is 12.6 Å². The lowest BCUT2D eigenvalue weighted by Gasteiger charge is -2.29. The molecule has 0 bridgehead atoms. The molecule has 0 radical (unpaired) electrons. The normalized spacial score (nSPS) is 11.7. The number of thioether (sulfide) groups is 1. The lowest BCUT2D eigenvalue weighted by Crippen LogP contribution is -2.24. The standard InChI is InChI=1S/C12H19NS2/c1-3-12(4-2,9-14)10-15-11-5-7-13-8-6-11/h5-8,14H,3-4,9-10H2,1-2H3. The van der Waals surface area contributed by atoms with Crippen molar-refractivity contribution >= 4 is 24.4 Å². The van der Waals surface area contributed by atoms with E-state index < -0.39 is 0 Å². The van der Waals surface area contributed by atoms with Crippen LogP contribution in [0.5, 0.6) is 0 Å². The molecule has 0 saturated carbocycles. The maximum absolute atomic E-state index is 4.48. The van der Waals surface area contributed by atoms with Gasteiger partial charge >= 0.3 is 0 Å². The van der Waals surface area contributed by atoms with Crippen molar-refractivity contribution in [1.29, 1.82) is 0 Å². The fraction of sp³-hybridized carbons (Fsp3) is 0.583. The minimum atomic E-state index is 0.386. The van der Waals surface area contributed by atoms with Gasteiger partial charge in [0.1, 0.15) is 0 Å². The van der Waals surface area contributed by atoms with E-state index in [0.29, 0.717) is 5.41 Å². The monoisotopic (exact) mass is 241 g/mol. The van der Waals surface area contributed by atoms with Gasteiger partial charge in [-0.1, -0.05) is 13.8 Å². The zero-order chi connectivity index (χ0) is 11.1. The lowest BCUT2D eigenvalue weighted by molar-refractivity contribution is 0.357. The van der Waals surface area contributed by atoms with E-state index in [4.69, 9.17) is 0 Å². The molecule has 0 aliphatic carbocycles. The third kappa shape index (κ3) is 3.72. The summed E-state index contributed by atoms with van der Waals surface area (Å²) in [4.78, 5) is 5.33. The van der Waals surface area contributed by atoms with Crippen LogP contribution >= 0.6 is 24.4 Å². The molecule has 0 N–H and O–H groups in total. The molecule has 0 aliphatic heterocycles. The van der Waals surface area contributed by atoms with Gasteiger partial charge in [0.05, 0.1) is 0 Å². The van der Waals surface area contributed by atoms with Gasteiger partial charge in [-0.3, -0.25) is 4.98 Å². The van der Waals surface area contributed by atoms with Crippen LogP contribution in [0.3, 0.4) is 0 Å². The predicted octanol–water partition coefficient (Wildman–Crippen LogP) is 3.91. The van der Waals surface area contributed by atoms with Crippen molar-refractivity contribution in [3.63, 3.8) is 0 Å². The Morgan fingerprint density at radius 1 is 1.27 bits per heavy atom. The Balaban J connectivity index is 2.54. The van der Waals surface area contributed by atoms with Crippen molar-refractivity contribution < 1.29 is 0 Å². The number of hydrogen-bond donors (Lipinski definition) is 1. The maximum Gasteiger partial charge on any atom is 0.0278 e. The topological polar surface area (TPSA) is 12.9 Å². The smallest absolute Gasteiger partial charge is 0.0278 e. The van der Waals surface area contributed by atoms with Gasteiger partial charge in [-0.05, 0) is 36.1 Å². The van der Waals surface area contributed by atoms with E-state index in [-0.39, 0.29) is 0 Å². The number of thiol groups is 1. The Hall–Kier alpha value is -0.150. The molecule has 0 atom stereocenters. The minimum absolute atomic E-state index is 0.386. The molecule has 84 valence electrons. The van der Waals surface area contributed by atoms with E-state index in [2.05, 4.69) is 43.6 Å². The quantitative estimate of drug-likeness (QED) is 0.599. The van der Waals surface area contributed by atoms with Crippen LogP contribution in [0.25, 0.3) is 0 Å². The van der Waals surface area contributed by atoms with Gasteiger partial charge in [0.25, 0.3) is 0 Å². The van der Waals surface area contributed by atoms with Crippen LogP contribution in [-0.4, -0.2) is 16.5 Å². The molecule has 0 amide bonds. The molecule has 1 aromatic rings. The van der Waals surface area contributed by atoms with E-state index in [0.717, 1.165) is 11.5 Å². The number of hydrogen-bond acceptors (Lipinski definition) is 3. The fourth-order valence-electron chi connectivity index (χ4n) is 1.39. The van der Waals surface area contributed by atoms with Crippen LogP contribution in [0, 0.1) is 5.41 Å². The molecule has 0 aliphatic rings. The summed E-state index contributed by atoms with van der Waals surface area (Å²) in [7, 11) is 0. The Morgan fingerprint density at radius 3 is 2.33 bits per heavy atom. The van der Waals surface area contributed by atoms with E-state index in [1.807, 2.05) is 24.2 Å². The van der Waals surface area contributed by atoms with Crippen LogP contribution in [0.1, 0.15) is 26.7 Å². The summed E-state index contributed by atoms with van der Waals surface area (Å²) in [6.45, 7) is 4.51. The number of pyridine rings is 1. The Labute approximate surface area is 102 Å². The largest absolute Gasteiger partial charge is 0.265 e. The first-order chi connectivity index (χ1) is 7.26. The molecule has 1 nitrogen and oxygen atoms in total. The van der Waals surface area contributed by atoms with Crippen molar-refractivity contribution in [2.24, 2.45) is 5.41 Å². The van der Waals surface area contributed by atoms with Crippen molar-refractivity contribution in [1.82, 2.24) is 4.98 Å². The molecule has 0 fully saturated rings. The molecule has 0 spiro atoms. The van der Waals surface area contributed by atoms with E-state index >= 15 is 0 Å². The first kappa shape index (κ1) is 12.9. The van der Waals surface area contributed by atoms with Gasteiger partial charge in [0, 0.05) is 23.0 Å². The van der Waals surface area contributed by atoms with Crippen molar-refractivity contribution in [2.45, 2.75) is 31.6 Å². The molecule has 1 rings (SSSR count). The summed E-state index contributed by atoms with van der Waals surface area (Å²) < 4.78 is 0. The molecule has 1 heterocycles. The summed E-state index contributed by atoms with van der Waals surface area (Å²) in [5.41, 5.74) is 0.386. The molecule has 15 heavy (non-hydrogen) atoms. The van der Waals surface area contributed by atoms with Gasteiger partial charge in [-0.15, -0.1) is 11.8 Å². The summed E-state index contributed by atoms with van der Waals surface area (Å²) in [5, 5.41) is 0. The molecule has 0 unspecified atom stereocenters. The first-order valence-electron chi connectivity index (χ1n) is 5.40. The van der Waals surface area contributed by atoms with Gasteiger partial charge in [0.2, 0.25) is 0 Å². The lowest BCUT2D eigenvalue weighted by atomic mass is 9.87. The predicted molar refractivity (Wildman–Crippen MR) is 71.8 cm³/mol. The second kappa shape index (κ2) is 6.44. The van der Waals surface area contributed by atoms with Crippen LogP contribution in [-0.2, 0) is 0 Å². The van der Waals surface area contributed by atoms with Crippen molar-refractivity contribution in [3.8, 4) is 0 Å². The molecule has 0 aromatic carbocycles. The Bertz CT molecular complexity index is 262. The number of rotatable bonds is 6. The summed E-state index contributed by atoms with van der Waals surface area (Å²) in [6, 6.07) is 4.14. The Morgan fingerprint density at radius 2 is 1.87 bits per heavy atom. The highest BCUT2D eigenvalue weighted by Crippen LogP contribution is 2.34. The van der Waals surface area contributed by atoms with Crippen molar-refractivity contribution in [2.75, 3.05) is 11.5 Å². The zero-order valence-electron chi connectivity index (χ0n) is 9.44. The van der Waals surface area contributed by atoms with Gasteiger partial charge < -0.3 is 0 Å². The van der Waals surface area contributed by atoms with Crippen LogP contribution in [0.4, 0.5) is 0 Å². The van der Waals surface area contributed by atoms with E-state index in [1.165, 1.54) is 17.7 Å². The number of aromatic nitrogens is 1. The molecular formula is C12H19NS2. The minimum Gasteiger partial charge on any atom is -0.265 e. The SMILES string of the molecule is CCC(CC)(CS)CSc1ccncc1. The van der Waals surface area contributed by atoms with Crippen molar-refractivity contribution in [3.05, 3.63) is 24.5 Å². The van der Waals surface area contributed by atoms with Crippen LogP contribution in [0.15, 0.2) is 29.4 Å². The molecule has 1 aromatic heterocycles. The van der Waals surface area contributed by atoms with E-state index in [1.54, 1.807) is 0 Å². The average Bonchev–Trinajstić information content (AvgIpc) is 2.33. The first-order valence-corrected chi connectivity index (χ1v) is 7.02. The molecule has 0 saturated heterocycles. The third-order valence-electron chi connectivity index (χ3n) is 3.03. The third-order valence-corrected chi connectivity index (χ3v) is 5.06. The van der Waals surface area contributed by atoms with E-state index in [9.17, 15) is 0 Å². The highest BCUT2D eigenvalue weighted by Gasteiger charge is 2.24. The highest BCUT2D eigenvalue weighted by atomic mass is 32.2.